The Bertz CT molecular complexity index is 1040. The van der Waals surface area contributed by atoms with E-state index in [0.29, 0.717) is 38.1 Å². The normalized spacial score (nSPS) is 19.1. The molecular formula is C29H38F3N3O2. The summed E-state index contributed by atoms with van der Waals surface area (Å²) in [6, 6.07) is 11.5. The summed E-state index contributed by atoms with van der Waals surface area (Å²) in [5.41, 5.74) is 1.98. The van der Waals surface area contributed by atoms with E-state index in [1.807, 2.05) is 32.0 Å². The van der Waals surface area contributed by atoms with Crippen molar-refractivity contribution in [2.75, 3.05) is 51.2 Å². The fraction of sp³-hybridized carbons (Fsp3) is 0.552. The summed E-state index contributed by atoms with van der Waals surface area (Å²) in [4.78, 5) is 17.2. The summed E-state index contributed by atoms with van der Waals surface area (Å²) in [5.74, 6) is -0.0880. The maximum Gasteiger partial charge on any atom is 0.416 e. The van der Waals surface area contributed by atoms with Crippen LogP contribution in [-0.4, -0.2) is 61.6 Å². The van der Waals surface area contributed by atoms with E-state index in [-0.39, 0.29) is 12.5 Å². The average Bonchev–Trinajstić information content (AvgIpc) is 2.88. The number of rotatable bonds is 8. The lowest BCUT2D eigenvalue weighted by Gasteiger charge is -2.42. The zero-order chi connectivity index (χ0) is 26.5. The van der Waals surface area contributed by atoms with Crippen LogP contribution in [0, 0.1) is 13.8 Å². The van der Waals surface area contributed by atoms with Crippen molar-refractivity contribution in [1.82, 2.24) is 9.80 Å². The fourth-order valence-corrected chi connectivity index (χ4v) is 5.51. The number of aryl methyl sites for hydroxylation is 2. The highest BCUT2D eigenvalue weighted by Gasteiger charge is 2.40. The van der Waals surface area contributed by atoms with Crippen LogP contribution in [0.1, 0.15) is 54.4 Å². The maximum absolute atomic E-state index is 13.5. The first kappa shape index (κ1) is 27.6. The maximum atomic E-state index is 13.5. The minimum atomic E-state index is -4.41. The van der Waals surface area contributed by atoms with Gasteiger partial charge in [0, 0.05) is 25.3 Å². The molecular weight excluding hydrogens is 479 g/mol. The van der Waals surface area contributed by atoms with Gasteiger partial charge < -0.3 is 15.0 Å². The first-order chi connectivity index (χ1) is 17.7. The highest BCUT2D eigenvalue weighted by atomic mass is 19.4. The van der Waals surface area contributed by atoms with E-state index < -0.39 is 17.3 Å². The molecule has 5 nitrogen and oxygen atoms in total. The van der Waals surface area contributed by atoms with Gasteiger partial charge in [-0.05, 0) is 81.4 Å². The minimum Gasteiger partial charge on any atom is -0.369 e. The number of carbonyl (C=O) groups excluding carboxylic acids is 1. The summed E-state index contributed by atoms with van der Waals surface area (Å²) in [6.45, 7) is 8.65. The number of nitrogens with one attached hydrogen (secondary N) is 1. The Morgan fingerprint density at radius 3 is 2.24 bits per heavy atom. The van der Waals surface area contributed by atoms with Crippen LogP contribution in [0.2, 0.25) is 0 Å². The Balaban J connectivity index is 1.43. The van der Waals surface area contributed by atoms with Crippen molar-refractivity contribution in [3.8, 4) is 0 Å². The molecule has 0 unspecified atom stereocenters. The Morgan fingerprint density at radius 2 is 1.59 bits per heavy atom. The summed E-state index contributed by atoms with van der Waals surface area (Å²) < 4.78 is 47.0. The Labute approximate surface area is 218 Å². The summed E-state index contributed by atoms with van der Waals surface area (Å²) in [7, 11) is 0. The number of amides is 1. The van der Waals surface area contributed by atoms with E-state index in [4.69, 9.17) is 4.74 Å². The second-order valence-electron chi connectivity index (χ2n) is 10.4. The van der Waals surface area contributed by atoms with Gasteiger partial charge in [0.1, 0.15) is 0 Å². The molecule has 2 aromatic carbocycles. The number of benzene rings is 2. The van der Waals surface area contributed by atoms with Gasteiger partial charge in [0.25, 0.3) is 0 Å². The molecule has 4 rings (SSSR count). The van der Waals surface area contributed by atoms with Crippen LogP contribution in [0.15, 0.2) is 42.5 Å². The smallest absolute Gasteiger partial charge is 0.369 e. The molecule has 2 aromatic rings. The van der Waals surface area contributed by atoms with E-state index in [1.165, 1.54) is 31.4 Å². The monoisotopic (exact) mass is 517 g/mol. The van der Waals surface area contributed by atoms with Crippen LogP contribution in [0.5, 0.6) is 0 Å². The van der Waals surface area contributed by atoms with Gasteiger partial charge in [-0.25, -0.2) is 0 Å². The average molecular weight is 518 g/mol. The van der Waals surface area contributed by atoms with Gasteiger partial charge in [0.05, 0.1) is 24.3 Å². The number of piperidine rings is 2. The molecule has 0 aliphatic carbocycles. The molecule has 2 aliphatic rings. The number of likely N-dealkylation sites (tertiary alicyclic amines) is 2. The quantitative estimate of drug-likeness (QED) is 0.484. The van der Waals surface area contributed by atoms with E-state index in [2.05, 4.69) is 15.1 Å². The first-order valence-electron chi connectivity index (χ1n) is 13.3. The second kappa shape index (κ2) is 12.0. The van der Waals surface area contributed by atoms with Crippen molar-refractivity contribution in [3.05, 3.63) is 64.7 Å². The van der Waals surface area contributed by atoms with Crippen molar-refractivity contribution in [2.45, 2.75) is 57.7 Å². The van der Waals surface area contributed by atoms with Crippen LogP contribution in [0.25, 0.3) is 0 Å². The topological polar surface area (TPSA) is 44.8 Å². The number of alkyl halides is 3. The molecule has 0 spiro atoms. The van der Waals surface area contributed by atoms with E-state index in [1.54, 1.807) is 6.07 Å². The highest BCUT2D eigenvalue weighted by molar-refractivity contribution is 5.93. The Morgan fingerprint density at radius 1 is 0.946 bits per heavy atom. The highest BCUT2D eigenvalue weighted by Crippen LogP contribution is 2.39. The molecule has 0 radical (unpaired) electrons. The number of hydrogen-bond donors (Lipinski definition) is 1. The third kappa shape index (κ3) is 7.12. The summed E-state index contributed by atoms with van der Waals surface area (Å²) in [5, 5.41) is 3.03. The van der Waals surface area contributed by atoms with Crippen LogP contribution in [0.3, 0.4) is 0 Å². The van der Waals surface area contributed by atoms with Crippen LogP contribution >= 0.6 is 0 Å². The lowest BCUT2D eigenvalue weighted by atomic mass is 9.83. The lowest BCUT2D eigenvalue weighted by Crippen LogP contribution is -2.47. The molecule has 1 N–H and O–H groups in total. The third-order valence-corrected chi connectivity index (χ3v) is 7.73. The Hall–Kier alpha value is -2.42. The van der Waals surface area contributed by atoms with Crippen molar-refractivity contribution in [3.63, 3.8) is 0 Å². The minimum absolute atomic E-state index is 0.0880. The third-order valence-electron chi connectivity index (χ3n) is 7.73. The zero-order valence-electron chi connectivity index (χ0n) is 21.9. The summed E-state index contributed by atoms with van der Waals surface area (Å²) in [6.07, 6.45) is 0.265. The molecule has 2 saturated heterocycles. The largest absolute Gasteiger partial charge is 0.416 e. The number of halogens is 3. The molecule has 2 aliphatic heterocycles. The number of hydrogen-bond acceptors (Lipinski definition) is 4. The van der Waals surface area contributed by atoms with Crippen molar-refractivity contribution < 1.29 is 22.7 Å². The van der Waals surface area contributed by atoms with Gasteiger partial charge in [-0.2, -0.15) is 13.2 Å². The van der Waals surface area contributed by atoms with Gasteiger partial charge in [0.15, 0.2) is 0 Å². The van der Waals surface area contributed by atoms with E-state index in [9.17, 15) is 18.0 Å². The molecule has 37 heavy (non-hydrogen) atoms. The predicted octanol–water partition coefficient (Wildman–Crippen LogP) is 5.75. The van der Waals surface area contributed by atoms with Gasteiger partial charge in [-0.3, -0.25) is 9.69 Å². The number of carbonyl (C=O) groups is 1. The molecule has 0 aromatic heterocycles. The SMILES string of the molecule is Cc1cccc(C)c1NC(=O)CN1CCC(OCCN2CCCCC2)(c2cccc(C(F)(F)F)c2)CC1. The van der Waals surface area contributed by atoms with Crippen molar-refractivity contribution >= 4 is 11.6 Å². The number of anilines is 1. The number of para-hydroxylation sites is 1. The molecule has 202 valence electrons. The van der Waals surface area contributed by atoms with Gasteiger partial charge in [-0.1, -0.05) is 36.8 Å². The number of ether oxygens (including phenoxy) is 1. The number of nitrogens with zero attached hydrogens (tertiary/aromatic N) is 2. The molecule has 1 amide bonds. The van der Waals surface area contributed by atoms with Crippen molar-refractivity contribution in [2.24, 2.45) is 0 Å². The molecule has 0 bridgehead atoms. The van der Waals surface area contributed by atoms with Gasteiger partial charge in [0.2, 0.25) is 5.91 Å². The molecule has 2 heterocycles. The predicted molar refractivity (Wildman–Crippen MR) is 140 cm³/mol. The molecule has 2 fully saturated rings. The zero-order valence-corrected chi connectivity index (χ0v) is 21.9. The lowest BCUT2D eigenvalue weighted by molar-refractivity contribution is -0.138. The first-order valence-corrected chi connectivity index (χ1v) is 13.3. The van der Waals surface area contributed by atoms with Crippen molar-refractivity contribution in [1.29, 1.82) is 0 Å². The second-order valence-corrected chi connectivity index (χ2v) is 10.4. The van der Waals surface area contributed by atoms with Gasteiger partial charge in [-0.15, -0.1) is 0 Å². The molecule has 0 atom stereocenters. The van der Waals surface area contributed by atoms with E-state index in [0.717, 1.165) is 42.5 Å². The van der Waals surface area contributed by atoms with Gasteiger partial charge >= 0.3 is 6.18 Å². The van der Waals surface area contributed by atoms with Crippen LogP contribution in [-0.2, 0) is 21.3 Å². The van der Waals surface area contributed by atoms with E-state index >= 15 is 0 Å². The fourth-order valence-electron chi connectivity index (χ4n) is 5.51. The Kier molecular flexibility index (Phi) is 8.93. The standard InChI is InChI=1S/C29H38F3N3O2/c1-22-8-6-9-23(2)27(22)33-26(36)21-35-16-12-28(13-17-35,37-19-18-34-14-4-3-5-15-34)24-10-7-11-25(20-24)29(30,31)32/h6-11,20H,3-5,12-19,21H2,1-2H3,(H,33,36). The molecule has 0 saturated carbocycles. The molecule has 8 heteroatoms. The summed E-state index contributed by atoms with van der Waals surface area (Å²) >= 11 is 0. The van der Waals surface area contributed by atoms with Crippen LogP contribution in [0.4, 0.5) is 18.9 Å². The van der Waals surface area contributed by atoms with Crippen LogP contribution < -0.4 is 5.32 Å².